The van der Waals surface area contributed by atoms with Gasteiger partial charge >= 0.3 is 0 Å². The first kappa shape index (κ1) is 11.8. The fraction of sp³-hybridized carbons (Fsp3) is 0.875. The van der Waals surface area contributed by atoms with Crippen LogP contribution in [-0.2, 0) is 4.79 Å². The van der Waals surface area contributed by atoms with E-state index in [2.05, 4.69) is 23.8 Å². The summed E-state index contributed by atoms with van der Waals surface area (Å²) < 4.78 is 0. The first-order valence-corrected chi connectivity index (χ1v) is 5.49. The van der Waals surface area contributed by atoms with Gasteiger partial charge < -0.3 is 10.6 Å². The first-order chi connectivity index (χ1) is 5.70. The molecule has 1 atom stereocenters. The van der Waals surface area contributed by atoms with Gasteiger partial charge in [-0.1, -0.05) is 6.92 Å². The summed E-state index contributed by atoms with van der Waals surface area (Å²) in [5, 5.41) is 6.39. The quantitative estimate of drug-likeness (QED) is 0.639. The second kappa shape index (κ2) is 7.43. The lowest BCUT2D eigenvalue weighted by atomic mass is 10.4. The van der Waals surface area contributed by atoms with Crippen molar-refractivity contribution in [1.29, 1.82) is 0 Å². The maximum absolute atomic E-state index is 10.9. The van der Waals surface area contributed by atoms with Crippen molar-refractivity contribution in [3.05, 3.63) is 0 Å². The molecule has 0 aliphatic rings. The van der Waals surface area contributed by atoms with Crippen molar-refractivity contribution in [2.45, 2.75) is 19.1 Å². The normalized spacial score (nSPS) is 12.6. The zero-order chi connectivity index (χ0) is 9.40. The average Bonchev–Trinajstić information content (AvgIpc) is 2.04. The summed E-state index contributed by atoms with van der Waals surface area (Å²) in [6.45, 7) is 6.08. The smallest absolute Gasteiger partial charge is 0.233 e. The number of carbonyl (C=O) groups is 1. The van der Waals surface area contributed by atoms with Crippen LogP contribution < -0.4 is 10.6 Å². The minimum absolute atomic E-state index is 0.0748. The highest BCUT2D eigenvalue weighted by Gasteiger charge is 2.00. The van der Waals surface area contributed by atoms with E-state index in [9.17, 15) is 4.79 Å². The third-order valence-electron chi connectivity index (χ3n) is 1.49. The van der Waals surface area contributed by atoms with Crippen molar-refractivity contribution in [2.24, 2.45) is 0 Å². The van der Waals surface area contributed by atoms with Crippen molar-refractivity contribution < 1.29 is 4.79 Å². The SMILES string of the molecule is CCNC(=O)CNCC(C)SC. The molecule has 0 saturated heterocycles. The summed E-state index contributed by atoms with van der Waals surface area (Å²) in [5.74, 6) is 0.0748. The zero-order valence-corrected chi connectivity index (χ0v) is 8.83. The molecule has 1 unspecified atom stereocenters. The Bertz CT molecular complexity index is 130. The van der Waals surface area contributed by atoms with Crippen LogP contribution in [0.25, 0.3) is 0 Å². The number of hydrogen-bond donors (Lipinski definition) is 2. The fourth-order valence-electron chi connectivity index (χ4n) is 0.732. The lowest BCUT2D eigenvalue weighted by Gasteiger charge is -2.08. The van der Waals surface area contributed by atoms with Gasteiger partial charge in [0.25, 0.3) is 0 Å². The summed E-state index contributed by atoms with van der Waals surface area (Å²) in [4.78, 5) is 10.9. The summed E-state index contributed by atoms with van der Waals surface area (Å²) in [5.41, 5.74) is 0. The average molecular weight is 190 g/mol. The molecule has 1 amide bonds. The monoisotopic (exact) mass is 190 g/mol. The van der Waals surface area contributed by atoms with Gasteiger partial charge in [-0.25, -0.2) is 0 Å². The molecule has 0 aromatic rings. The Kier molecular flexibility index (Phi) is 7.29. The summed E-state index contributed by atoms with van der Waals surface area (Å²) >= 11 is 1.80. The summed E-state index contributed by atoms with van der Waals surface area (Å²) in [6.07, 6.45) is 2.07. The van der Waals surface area contributed by atoms with Gasteiger partial charge in [0.2, 0.25) is 5.91 Å². The fourth-order valence-corrected chi connectivity index (χ4v) is 1.02. The van der Waals surface area contributed by atoms with E-state index >= 15 is 0 Å². The third-order valence-corrected chi connectivity index (χ3v) is 2.47. The van der Waals surface area contributed by atoms with E-state index in [1.54, 1.807) is 11.8 Å². The molecule has 72 valence electrons. The second-order valence-electron chi connectivity index (χ2n) is 2.63. The van der Waals surface area contributed by atoms with E-state index in [0.717, 1.165) is 6.54 Å². The molecular weight excluding hydrogens is 172 g/mol. The van der Waals surface area contributed by atoms with Gasteiger partial charge in [0.1, 0.15) is 0 Å². The number of rotatable bonds is 6. The van der Waals surface area contributed by atoms with Gasteiger partial charge in [-0.15, -0.1) is 0 Å². The molecular formula is C8H18N2OS. The lowest BCUT2D eigenvalue weighted by Crippen LogP contribution is -2.35. The highest BCUT2D eigenvalue weighted by molar-refractivity contribution is 7.99. The van der Waals surface area contributed by atoms with Gasteiger partial charge in [-0.3, -0.25) is 4.79 Å². The Morgan fingerprint density at radius 1 is 1.58 bits per heavy atom. The van der Waals surface area contributed by atoms with Crippen LogP contribution in [0.4, 0.5) is 0 Å². The van der Waals surface area contributed by atoms with Crippen LogP contribution in [0.2, 0.25) is 0 Å². The molecule has 0 aromatic heterocycles. The van der Waals surface area contributed by atoms with E-state index in [-0.39, 0.29) is 5.91 Å². The number of amides is 1. The molecule has 12 heavy (non-hydrogen) atoms. The van der Waals surface area contributed by atoms with Gasteiger partial charge in [0.15, 0.2) is 0 Å². The van der Waals surface area contributed by atoms with Crippen molar-refractivity contribution in [3.63, 3.8) is 0 Å². The van der Waals surface area contributed by atoms with Crippen LogP contribution in [0.5, 0.6) is 0 Å². The van der Waals surface area contributed by atoms with Crippen LogP contribution in [0.1, 0.15) is 13.8 Å². The molecule has 0 radical (unpaired) electrons. The number of likely N-dealkylation sites (N-methyl/N-ethyl adjacent to an activating group) is 1. The Balaban J connectivity index is 3.24. The van der Waals surface area contributed by atoms with Crippen molar-refractivity contribution in [3.8, 4) is 0 Å². The molecule has 0 fully saturated rings. The second-order valence-corrected chi connectivity index (χ2v) is 3.91. The molecule has 0 spiro atoms. The number of carbonyl (C=O) groups excluding carboxylic acids is 1. The Hall–Kier alpha value is -0.220. The number of nitrogens with one attached hydrogen (secondary N) is 2. The van der Waals surface area contributed by atoms with Gasteiger partial charge in [0, 0.05) is 18.3 Å². The molecule has 0 aliphatic heterocycles. The van der Waals surface area contributed by atoms with E-state index in [1.807, 2.05) is 6.92 Å². The van der Waals surface area contributed by atoms with Crippen LogP contribution in [0.3, 0.4) is 0 Å². The molecule has 0 heterocycles. The van der Waals surface area contributed by atoms with Crippen molar-refractivity contribution >= 4 is 17.7 Å². The predicted molar refractivity (Wildman–Crippen MR) is 54.5 cm³/mol. The molecule has 2 N–H and O–H groups in total. The number of hydrogen-bond acceptors (Lipinski definition) is 3. The van der Waals surface area contributed by atoms with Crippen LogP contribution in [0.15, 0.2) is 0 Å². The third kappa shape index (κ3) is 6.49. The van der Waals surface area contributed by atoms with Crippen molar-refractivity contribution in [2.75, 3.05) is 25.9 Å². The van der Waals surface area contributed by atoms with Crippen LogP contribution in [-0.4, -0.2) is 37.0 Å². The zero-order valence-electron chi connectivity index (χ0n) is 8.02. The maximum atomic E-state index is 10.9. The molecule has 0 saturated carbocycles. The Labute approximate surface area is 78.7 Å². The maximum Gasteiger partial charge on any atom is 0.233 e. The Morgan fingerprint density at radius 2 is 2.25 bits per heavy atom. The first-order valence-electron chi connectivity index (χ1n) is 4.20. The lowest BCUT2D eigenvalue weighted by molar-refractivity contribution is -0.120. The summed E-state index contributed by atoms with van der Waals surface area (Å²) in [6, 6.07) is 0. The van der Waals surface area contributed by atoms with Crippen molar-refractivity contribution in [1.82, 2.24) is 10.6 Å². The van der Waals surface area contributed by atoms with Gasteiger partial charge in [-0.05, 0) is 13.2 Å². The Morgan fingerprint density at radius 3 is 2.75 bits per heavy atom. The van der Waals surface area contributed by atoms with E-state index < -0.39 is 0 Å². The highest BCUT2D eigenvalue weighted by Crippen LogP contribution is 2.01. The summed E-state index contributed by atoms with van der Waals surface area (Å²) in [7, 11) is 0. The standard InChI is InChI=1S/C8H18N2OS/c1-4-10-8(11)6-9-5-7(2)12-3/h7,9H,4-6H2,1-3H3,(H,10,11). The largest absolute Gasteiger partial charge is 0.355 e. The van der Waals surface area contributed by atoms with Gasteiger partial charge in [0.05, 0.1) is 6.54 Å². The molecule has 0 bridgehead atoms. The van der Waals surface area contributed by atoms with E-state index in [0.29, 0.717) is 18.3 Å². The molecule has 3 nitrogen and oxygen atoms in total. The topological polar surface area (TPSA) is 41.1 Å². The minimum atomic E-state index is 0.0748. The van der Waals surface area contributed by atoms with E-state index in [1.165, 1.54) is 0 Å². The van der Waals surface area contributed by atoms with Gasteiger partial charge in [-0.2, -0.15) is 11.8 Å². The highest BCUT2D eigenvalue weighted by atomic mass is 32.2. The molecule has 4 heteroatoms. The predicted octanol–water partition coefficient (Wildman–Crippen LogP) is 0.464. The minimum Gasteiger partial charge on any atom is -0.355 e. The molecule has 0 aromatic carbocycles. The van der Waals surface area contributed by atoms with Crippen LogP contribution in [0, 0.1) is 0 Å². The molecule has 0 aliphatic carbocycles. The van der Waals surface area contributed by atoms with E-state index in [4.69, 9.17) is 0 Å². The van der Waals surface area contributed by atoms with Crippen LogP contribution >= 0.6 is 11.8 Å². The molecule has 0 rings (SSSR count). The number of thioether (sulfide) groups is 1.